The number of ether oxygens (including phenoxy) is 1. The fourth-order valence-corrected chi connectivity index (χ4v) is 1.09. The maximum atomic E-state index is 8.53. The van der Waals surface area contributed by atoms with Gasteiger partial charge in [0.15, 0.2) is 23.1 Å². The number of anilines is 1. The van der Waals surface area contributed by atoms with E-state index in [1.807, 2.05) is 6.07 Å². The molecule has 1 aliphatic heterocycles. The second-order valence-corrected chi connectivity index (χ2v) is 2.22. The van der Waals surface area contributed by atoms with Gasteiger partial charge in [-0.15, -0.1) is 0 Å². The summed E-state index contributed by atoms with van der Waals surface area (Å²) in [7, 11) is 0. The van der Waals surface area contributed by atoms with E-state index in [2.05, 4.69) is 10.3 Å². The number of nitrogens with zero attached hydrogens (tertiary/aromatic N) is 2. The molecule has 1 aromatic carbocycles. The summed E-state index contributed by atoms with van der Waals surface area (Å²) in [4.78, 5) is 3.10. The van der Waals surface area contributed by atoms with Crippen LogP contribution in [0.2, 0.25) is 0 Å². The number of hydrogen-bond acceptors (Lipinski definition) is 3. The summed E-state index contributed by atoms with van der Waals surface area (Å²) in [6.45, 7) is 0.446. The predicted molar refractivity (Wildman–Crippen MR) is 40.3 cm³/mol. The van der Waals surface area contributed by atoms with Gasteiger partial charge in [-0.2, -0.15) is 0 Å². The van der Waals surface area contributed by atoms with Crippen LogP contribution < -0.4 is 34.9 Å². The van der Waals surface area contributed by atoms with E-state index < -0.39 is 0 Å². The van der Waals surface area contributed by atoms with E-state index in [0.29, 0.717) is 12.4 Å². The molecule has 0 aromatic heterocycles. The standard InChI is InChI=1S/C7H6N3O.2ClH.Zn/c8-10-5-2-1-3-6-7(5)9-4-11-6;;;/h1-3,9H,4H2;2*1H;/q+1;;;+1/p-2. The van der Waals surface area contributed by atoms with Crippen molar-refractivity contribution in [3.63, 3.8) is 0 Å². The summed E-state index contributed by atoms with van der Waals surface area (Å²) >= 11 is 0. The van der Waals surface area contributed by atoms with E-state index in [-0.39, 0.29) is 44.3 Å². The molecule has 14 heavy (non-hydrogen) atoms. The first-order valence-electron chi connectivity index (χ1n) is 3.26. The zero-order valence-corrected chi connectivity index (χ0v) is 11.7. The first kappa shape index (κ1) is 15.9. The Kier molecular flexibility index (Phi) is 7.76. The molecule has 2 rings (SSSR count). The maximum Gasteiger partial charge on any atom is 1.00 e. The number of para-hydroxylation sites is 1. The molecule has 0 atom stereocenters. The maximum absolute atomic E-state index is 8.53. The Bertz CT molecular complexity index is 342. The van der Waals surface area contributed by atoms with Crippen molar-refractivity contribution >= 4 is 11.4 Å². The quantitative estimate of drug-likeness (QED) is 0.390. The van der Waals surface area contributed by atoms with Crippen LogP contribution in [-0.2, 0) is 19.5 Å². The summed E-state index contributed by atoms with van der Waals surface area (Å²) in [6, 6.07) is 5.31. The van der Waals surface area contributed by atoms with Crippen LogP contribution in [0.4, 0.5) is 11.4 Å². The molecule has 1 N–H and O–H groups in total. The van der Waals surface area contributed by atoms with Gasteiger partial charge < -0.3 is 34.9 Å². The Morgan fingerprint density at radius 3 is 2.71 bits per heavy atom. The molecule has 4 nitrogen and oxygen atoms in total. The van der Waals surface area contributed by atoms with Gasteiger partial charge >= 0.3 is 25.2 Å². The van der Waals surface area contributed by atoms with Crippen molar-refractivity contribution in [2.24, 2.45) is 0 Å². The Balaban J connectivity index is 0. The zero-order chi connectivity index (χ0) is 7.68. The molecule has 7 heteroatoms. The van der Waals surface area contributed by atoms with Crippen LogP contribution in [0.15, 0.2) is 18.2 Å². The van der Waals surface area contributed by atoms with Crippen molar-refractivity contribution in [3.05, 3.63) is 23.2 Å². The third-order valence-electron chi connectivity index (χ3n) is 1.59. The monoisotopic (exact) mass is 282 g/mol. The summed E-state index contributed by atoms with van der Waals surface area (Å²) < 4.78 is 5.16. The van der Waals surface area contributed by atoms with E-state index in [1.165, 1.54) is 0 Å². The zero-order valence-electron chi connectivity index (χ0n) is 7.20. The second-order valence-electron chi connectivity index (χ2n) is 2.22. The van der Waals surface area contributed by atoms with Crippen molar-refractivity contribution < 1.29 is 49.0 Å². The van der Waals surface area contributed by atoms with Crippen molar-refractivity contribution in [2.75, 3.05) is 12.0 Å². The van der Waals surface area contributed by atoms with Gasteiger partial charge in [-0.3, -0.25) is 0 Å². The topological polar surface area (TPSA) is 49.4 Å². The molecule has 1 aliphatic rings. The van der Waals surface area contributed by atoms with Gasteiger partial charge in [-0.1, -0.05) is 6.07 Å². The van der Waals surface area contributed by atoms with Gasteiger partial charge in [0.05, 0.1) is 0 Å². The normalized spacial score (nSPS) is 9.93. The molecule has 0 fully saturated rings. The minimum Gasteiger partial charge on any atom is -1.00 e. The van der Waals surface area contributed by atoms with Crippen LogP contribution in [0.3, 0.4) is 0 Å². The molecular formula is C7H6Cl2N3OZn. The number of fused-ring (bicyclic) bond motifs is 1. The van der Waals surface area contributed by atoms with Crippen LogP contribution in [0.5, 0.6) is 5.75 Å². The molecule has 1 aromatic rings. The second kappa shape index (κ2) is 6.83. The van der Waals surface area contributed by atoms with Crippen molar-refractivity contribution in [1.29, 1.82) is 5.39 Å². The van der Waals surface area contributed by atoms with E-state index in [1.54, 1.807) is 12.1 Å². The largest absolute Gasteiger partial charge is 1.00 e. The summed E-state index contributed by atoms with van der Waals surface area (Å²) in [5.41, 5.74) is 1.27. The molecular weight excluding hydrogens is 278 g/mol. The number of diazo groups is 1. The molecule has 0 aliphatic carbocycles. The van der Waals surface area contributed by atoms with E-state index >= 15 is 0 Å². The summed E-state index contributed by atoms with van der Waals surface area (Å²) in [6.07, 6.45) is 0. The number of nitrogens with one attached hydrogen (secondary N) is 1. The molecule has 0 saturated heterocycles. The van der Waals surface area contributed by atoms with Gasteiger partial charge in [-0.05, 0) is 6.07 Å². The number of hydrogen-bond donors (Lipinski definition) is 1. The summed E-state index contributed by atoms with van der Waals surface area (Å²) in [5.74, 6) is 0.736. The summed E-state index contributed by atoms with van der Waals surface area (Å²) in [5, 5.41) is 11.5. The van der Waals surface area contributed by atoms with E-state index in [9.17, 15) is 0 Å². The first-order chi connectivity index (χ1) is 5.42. The molecule has 0 spiro atoms. The van der Waals surface area contributed by atoms with Gasteiger partial charge in [0, 0.05) is 6.07 Å². The number of halogens is 2. The minimum absolute atomic E-state index is 0. The molecule has 71 valence electrons. The molecule has 1 heterocycles. The Morgan fingerprint density at radius 2 is 2.07 bits per heavy atom. The fourth-order valence-electron chi connectivity index (χ4n) is 1.09. The Hall–Kier alpha value is -0.557. The van der Waals surface area contributed by atoms with Crippen LogP contribution >= 0.6 is 0 Å². The van der Waals surface area contributed by atoms with Gasteiger partial charge in [0.2, 0.25) is 5.39 Å². The van der Waals surface area contributed by atoms with Crippen LogP contribution in [0.25, 0.3) is 4.98 Å². The van der Waals surface area contributed by atoms with E-state index in [0.717, 1.165) is 11.4 Å². The first-order valence-corrected chi connectivity index (χ1v) is 3.26. The molecule has 1 radical (unpaired) electrons. The molecule has 0 saturated carbocycles. The predicted octanol–water partition coefficient (Wildman–Crippen LogP) is -4.06. The van der Waals surface area contributed by atoms with Crippen molar-refractivity contribution in [2.45, 2.75) is 0 Å². The average molecular weight is 284 g/mol. The smallest absolute Gasteiger partial charge is 1.00 e. The number of benzene rings is 1. The van der Waals surface area contributed by atoms with Gasteiger partial charge in [0.25, 0.3) is 0 Å². The van der Waals surface area contributed by atoms with Gasteiger partial charge in [0.1, 0.15) is 0 Å². The molecule has 0 unspecified atom stereocenters. The average Bonchev–Trinajstić information content (AvgIpc) is 2.50. The third kappa shape index (κ3) is 2.71. The van der Waals surface area contributed by atoms with Gasteiger partial charge in [-0.25, -0.2) is 0 Å². The Labute approximate surface area is 107 Å². The van der Waals surface area contributed by atoms with E-state index in [4.69, 9.17) is 10.1 Å². The minimum atomic E-state index is 0. The fraction of sp³-hybridized carbons (Fsp3) is 0.143. The SMILES string of the molecule is N#[N+]c1cccc2c1NCO2.[Cl-].[Cl-].[Zn+]. The molecule has 0 amide bonds. The van der Waals surface area contributed by atoms with Crippen molar-refractivity contribution in [3.8, 4) is 5.75 Å². The molecule has 0 bridgehead atoms. The number of rotatable bonds is 0. The Morgan fingerprint density at radius 1 is 1.36 bits per heavy atom. The van der Waals surface area contributed by atoms with Crippen LogP contribution in [0.1, 0.15) is 0 Å². The van der Waals surface area contributed by atoms with Crippen LogP contribution in [-0.4, -0.2) is 6.73 Å². The van der Waals surface area contributed by atoms with Crippen molar-refractivity contribution in [1.82, 2.24) is 0 Å². The van der Waals surface area contributed by atoms with Crippen LogP contribution in [0, 0.1) is 5.39 Å². The third-order valence-corrected chi connectivity index (χ3v) is 1.59.